The summed E-state index contributed by atoms with van der Waals surface area (Å²) in [6, 6.07) is 5.79. The summed E-state index contributed by atoms with van der Waals surface area (Å²) in [5.74, 6) is -2.01. The van der Waals surface area contributed by atoms with Crippen molar-refractivity contribution in [2.75, 3.05) is 0 Å². The zero-order chi connectivity index (χ0) is 23.0. The molecule has 0 spiro atoms. The summed E-state index contributed by atoms with van der Waals surface area (Å²) in [5, 5.41) is 0. The van der Waals surface area contributed by atoms with Gasteiger partial charge in [0, 0.05) is 11.1 Å². The highest BCUT2D eigenvalue weighted by atomic mass is 19.2. The Bertz CT molecular complexity index is 948. The van der Waals surface area contributed by atoms with Gasteiger partial charge < -0.3 is 0 Å². The predicted molar refractivity (Wildman–Crippen MR) is 122 cm³/mol. The lowest BCUT2D eigenvalue weighted by atomic mass is 9.68. The minimum Gasteiger partial charge on any atom is -0.203 e. The first-order valence-electron chi connectivity index (χ1n) is 12.2. The monoisotopic (exact) mass is 446 g/mol. The summed E-state index contributed by atoms with van der Waals surface area (Å²) >= 11 is 0. The van der Waals surface area contributed by atoms with Crippen molar-refractivity contribution in [1.29, 1.82) is 0 Å². The van der Waals surface area contributed by atoms with Crippen LogP contribution in [0.15, 0.2) is 24.3 Å². The van der Waals surface area contributed by atoms with Gasteiger partial charge in [0.25, 0.3) is 0 Å². The van der Waals surface area contributed by atoms with Crippen LogP contribution in [0, 0.1) is 41.0 Å². The van der Waals surface area contributed by atoms with E-state index >= 15 is 8.78 Å². The Labute approximate surface area is 189 Å². The third-order valence-electron chi connectivity index (χ3n) is 8.08. The lowest BCUT2D eigenvalue weighted by molar-refractivity contribution is 0.164. The van der Waals surface area contributed by atoms with E-state index in [4.69, 9.17) is 0 Å². The topological polar surface area (TPSA) is 0 Å². The van der Waals surface area contributed by atoms with Crippen LogP contribution in [-0.4, -0.2) is 0 Å². The van der Waals surface area contributed by atoms with Crippen molar-refractivity contribution in [2.45, 2.75) is 84.0 Å². The molecule has 0 bridgehead atoms. The lowest BCUT2D eigenvalue weighted by Crippen LogP contribution is -2.25. The molecule has 2 aromatic rings. The zero-order valence-corrected chi connectivity index (χ0v) is 19.4. The van der Waals surface area contributed by atoms with Crippen molar-refractivity contribution in [3.63, 3.8) is 0 Å². The first-order valence-corrected chi connectivity index (χ1v) is 12.2. The second-order valence-corrected chi connectivity index (χ2v) is 10.4. The van der Waals surface area contributed by atoms with Crippen LogP contribution in [0.2, 0.25) is 0 Å². The van der Waals surface area contributed by atoms with Crippen molar-refractivity contribution >= 4 is 0 Å². The number of hydrogen-bond acceptors (Lipinski definition) is 0. The average molecular weight is 447 g/mol. The van der Waals surface area contributed by atoms with Crippen molar-refractivity contribution in [3.05, 3.63) is 58.7 Å². The Balaban J connectivity index is 1.51. The Hall–Kier alpha value is -1.84. The fourth-order valence-electron chi connectivity index (χ4n) is 5.96. The van der Waals surface area contributed by atoms with Gasteiger partial charge in [0.1, 0.15) is 0 Å². The Morgan fingerprint density at radius 2 is 1.12 bits per heavy atom. The quantitative estimate of drug-likeness (QED) is 0.411. The summed E-state index contributed by atoms with van der Waals surface area (Å²) in [4.78, 5) is 0. The first kappa shape index (κ1) is 23.3. The van der Waals surface area contributed by atoms with Crippen LogP contribution in [0.5, 0.6) is 0 Å². The molecule has 2 aliphatic carbocycles. The molecule has 2 aromatic carbocycles. The molecule has 0 heterocycles. The van der Waals surface area contributed by atoms with E-state index in [1.54, 1.807) is 19.9 Å². The molecule has 0 saturated heterocycles. The summed E-state index contributed by atoms with van der Waals surface area (Å²) in [6.45, 7) is 5.85. The van der Waals surface area contributed by atoms with Crippen molar-refractivity contribution in [1.82, 2.24) is 0 Å². The smallest absolute Gasteiger partial charge is 0.167 e. The Kier molecular flexibility index (Phi) is 6.97. The van der Waals surface area contributed by atoms with E-state index in [9.17, 15) is 8.78 Å². The van der Waals surface area contributed by atoms with Gasteiger partial charge in [-0.2, -0.15) is 0 Å². The lowest BCUT2D eigenvalue weighted by Gasteiger charge is -2.37. The van der Waals surface area contributed by atoms with Gasteiger partial charge in [-0.25, -0.2) is 17.6 Å². The van der Waals surface area contributed by atoms with E-state index in [1.807, 2.05) is 0 Å². The highest BCUT2D eigenvalue weighted by Gasteiger charge is 2.32. The van der Waals surface area contributed by atoms with Crippen LogP contribution in [0.4, 0.5) is 17.6 Å². The van der Waals surface area contributed by atoms with Crippen molar-refractivity contribution in [2.24, 2.45) is 17.8 Å². The van der Waals surface area contributed by atoms with Gasteiger partial charge in [0.05, 0.1) is 0 Å². The fraction of sp³-hybridized carbons (Fsp3) is 0.571. The molecule has 0 radical (unpaired) electrons. The van der Waals surface area contributed by atoms with Gasteiger partial charge in [-0.15, -0.1) is 0 Å². The molecule has 0 unspecified atom stereocenters. The predicted octanol–water partition coefficient (Wildman–Crippen LogP) is 9.13. The molecule has 2 aliphatic rings. The molecular weight excluding hydrogens is 412 g/mol. The van der Waals surface area contributed by atoms with Gasteiger partial charge in [-0.1, -0.05) is 57.9 Å². The summed E-state index contributed by atoms with van der Waals surface area (Å²) in [5.41, 5.74) is 0.155. The maximum Gasteiger partial charge on any atom is 0.167 e. The van der Waals surface area contributed by atoms with Gasteiger partial charge >= 0.3 is 0 Å². The molecule has 0 atom stereocenters. The van der Waals surface area contributed by atoms with E-state index < -0.39 is 23.3 Å². The maximum absolute atomic E-state index is 15.1. The highest BCUT2D eigenvalue weighted by molar-refractivity contribution is 5.66. The molecule has 0 nitrogen and oxygen atoms in total. The van der Waals surface area contributed by atoms with Crippen LogP contribution in [0.3, 0.4) is 0 Å². The summed E-state index contributed by atoms with van der Waals surface area (Å²) in [7, 11) is 0. The molecule has 4 heteroatoms. The minimum absolute atomic E-state index is 0.0118. The van der Waals surface area contributed by atoms with Crippen LogP contribution in [0.25, 0.3) is 11.1 Å². The summed E-state index contributed by atoms with van der Waals surface area (Å²) in [6.07, 6.45) is 9.04. The van der Waals surface area contributed by atoms with Crippen molar-refractivity contribution < 1.29 is 17.6 Å². The van der Waals surface area contributed by atoms with E-state index in [-0.39, 0.29) is 28.5 Å². The largest absolute Gasteiger partial charge is 0.203 e. The zero-order valence-electron chi connectivity index (χ0n) is 19.4. The highest BCUT2D eigenvalue weighted by Crippen LogP contribution is 2.45. The SMILES string of the molecule is CC1CCC(C2CCC(c3ccc(-c4ccc(C(C)C)c(F)c4F)c(F)c3F)CC2)CC1. The van der Waals surface area contributed by atoms with Gasteiger partial charge in [-0.05, 0) is 79.2 Å². The fourth-order valence-corrected chi connectivity index (χ4v) is 5.96. The number of hydrogen-bond donors (Lipinski definition) is 0. The minimum atomic E-state index is -1.12. The van der Waals surface area contributed by atoms with Crippen LogP contribution < -0.4 is 0 Å². The number of benzene rings is 2. The van der Waals surface area contributed by atoms with Crippen molar-refractivity contribution in [3.8, 4) is 11.1 Å². The van der Waals surface area contributed by atoms with Crippen LogP contribution in [-0.2, 0) is 0 Å². The maximum atomic E-state index is 15.1. The molecule has 0 aromatic heterocycles. The number of rotatable bonds is 4. The molecule has 0 amide bonds. The summed E-state index contributed by atoms with van der Waals surface area (Å²) < 4.78 is 59.2. The normalized spacial score (nSPS) is 26.5. The first-order chi connectivity index (χ1) is 15.3. The van der Waals surface area contributed by atoms with Crippen LogP contribution >= 0.6 is 0 Å². The molecule has 0 N–H and O–H groups in total. The average Bonchev–Trinajstić information content (AvgIpc) is 2.78. The second kappa shape index (κ2) is 9.57. The molecule has 2 fully saturated rings. The molecular formula is C28H34F4. The molecule has 2 saturated carbocycles. The second-order valence-electron chi connectivity index (χ2n) is 10.4. The third-order valence-corrected chi connectivity index (χ3v) is 8.08. The van der Waals surface area contributed by atoms with Gasteiger partial charge in [-0.3, -0.25) is 0 Å². The molecule has 0 aliphatic heterocycles. The van der Waals surface area contributed by atoms with E-state index in [0.29, 0.717) is 11.5 Å². The third kappa shape index (κ3) is 4.47. The molecule has 174 valence electrons. The van der Waals surface area contributed by atoms with Gasteiger partial charge in [0.2, 0.25) is 0 Å². The standard InChI is InChI=1S/C28H34F4/c1-16(2)21-12-14-23(27(31)25(21)29)24-15-13-22(26(30)28(24)32)20-10-8-19(9-11-20)18-6-4-17(3)5-7-18/h12-20H,4-11H2,1-3H3. The van der Waals surface area contributed by atoms with E-state index in [0.717, 1.165) is 37.5 Å². The molecule has 32 heavy (non-hydrogen) atoms. The Morgan fingerprint density at radius 1 is 0.625 bits per heavy atom. The Morgan fingerprint density at radius 3 is 1.69 bits per heavy atom. The van der Waals surface area contributed by atoms with Gasteiger partial charge in [0.15, 0.2) is 23.3 Å². The molecule has 4 rings (SSSR count). The van der Waals surface area contributed by atoms with Crippen LogP contribution in [0.1, 0.15) is 95.1 Å². The van der Waals surface area contributed by atoms with E-state index in [2.05, 4.69) is 6.92 Å². The van der Waals surface area contributed by atoms with E-state index in [1.165, 1.54) is 43.9 Å². The number of halogens is 4.